The Labute approximate surface area is 140 Å². The van der Waals surface area contributed by atoms with Crippen molar-refractivity contribution in [3.8, 4) is 6.07 Å². The van der Waals surface area contributed by atoms with Gasteiger partial charge in [-0.25, -0.2) is 0 Å². The van der Waals surface area contributed by atoms with E-state index in [1.807, 2.05) is 55.6 Å². The molecular weight excluding hydrogens is 298 g/mol. The molecule has 3 aromatic rings. The minimum Gasteiger partial charge on any atom is -0.361 e. The van der Waals surface area contributed by atoms with Crippen molar-refractivity contribution in [3.63, 3.8) is 0 Å². The first kappa shape index (κ1) is 15.6. The van der Waals surface area contributed by atoms with Gasteiger partial charge in [0.2, 0.25) is 0 Å². The molecule has 118 valence electrons. The molecule has 1 amide bonds. The van der Waals surface area contributed by atoms with Gasteiger partial charge in [-0.15, -0.1) is 0 Å². The van der Waals surface area contributed by atoms with Gasteiger partial charge >= 0.3 is 0 Å². The van der Waals surface area contributed by atoms with Crippen LogP contribution < -0.4 is 5.32 Å². The monoisotopic (exact) mass is 315 g/mol. The Kier molecular flexibility index (Phi) is 4.17. The Morgan fingerprint density at radius 3 is 2.67 bits per heavy atom. The molecule has 0 bridgehead atoms. The van der Waals surface area contributed by atoms with Gasteiger partial charge in [-0.1, -0.05) is 17.7 Å². The number of anilines is 1. The van der Waals surface area contributed by atoms with Crippen molar-refractivity contribution in [2.24, 2.45) is 0 Å². The van der Waals surface area contributed by atoms with Crippen molar-refractivity contribution in [3.05, 3.63) is 70.9 Å². The highest BCUT2D eigenvalue weighted by molar-refractivity contribution is 6.07. The summed E-state index contributed by atoms with van der Waals surface area (Å²) >= 11 is 0. The maximum Gasteiger partial charge on any atom is 0.251 e. The number of aromatic nitrogens is 1. The van der Waals surface area contributed by atoms with Crippen molar-refractivity contribution < 1.29 is 4.79 Å². The number of nitrogens with zero attached hydrogens (tertiary/aromatic N) is 1. The fraction of sp³-hybridized carbons (Fsp3) is 0.100. The molecule has 0 saturated carbocycles. The minimum absolute atomic E-state index is 0.148. The second kappa shape index (κ2) is 6.43. The number of aromatic amines is 1. The quantitative estimate of drug-likeness (QED) is 0.704. The maximum absolute atomic E-state index is 12.3. The van der Waals surface area contributed by atoms with Crippen LogP contribution in [0.3, 0.4) is 0 Å². The Morgan fingerprint density at radius 2 is 1.96 bits per heavy atom. The first-order valence-corrected chi connectivity index (χ1v) is 7.64. The number of hydrogen-bond donors (Lipinski definition) is 2. The predicted molar refractivity (Wildman–Crippen MR) is 96.5 cm³/mol. The summed E-state index contributed by atoms with van der Waals surface area (Å²) in [7, 11) is 0. The molecule has 0 unspecified atom stereocenters. The van der Waals surface area contributed by atoms with Crippen molar-refractivity contribution in [2.45, 2.75) is 13.8 Å². The number of nitrogens with one attached hydrogen (secondary N) is 2. The zero-order valence-electron chi connectivity index (χ0n) is 13.6. The van der Waals surface area contributed by atoms with Crippen molar-refractivity contribution in [1.29, 1.82) is 5.26 Å². The van der Waals surface area contributed by atoms with E-state index in [1.54, 1.807) is 13.0 Å². The normalized spacial score (nSPS) is 11.3. The van der Waals surface area contributed by atoms with Gasteiger partial charge in [0.15, 0.2) is 0 Å². The lowest BCUT2D eigenvalue weighted by Crippen LogP contribution is -2.12. The number of nitriles is 1. The third-order valence-corrected chi connectivity index (χ3v) is 3.88. The SMILES string of the molecule is C/C(=C\c1c[nH]c2ccc(C#N)cc12)C(=O)Nc1ccc(C)cc1. The van der Waals surface area contributed by atoms with Gasteiger partial charge in [0.05, 0.1) is 11.6 Å². The van der Waals surface area contributed by atoms with E-state index in [1.165, 1.54) is 0 Å². The number of rotatable bonds is 3. The summed E-state index contributed by atoms with van der Waals surface area (Å²) in [4.78, 5) is 15.5. The highest BCUT2D eigenvalue weighted by Crippen LogP contribution is 2.22. The molecule has 1 heterocycles. The Hall–Kier alpha value is -3.32. The van der Waals surface area contributed by atoms with E-state index in [0.717, 1.165) is 27.7 Å². The number of amides is 1. The van der Waals surface area contributed by atoms with Gasteiger partial charge in [0.1, 0.15) is 0 Å². The average molecular weight is 315 g/mol. The van der Waals surface area contributed by atoms with Crippen LogP contribution in [0.15, 0.2) is 54.2 Å². The number of carbonyl (C=O) groups excluding carboxylic acids is 1. The summed E-state index contributed by atoms with van der Waals surface area (Å²) < 4.78 is 0. The molecule has 0 aliphatic carbocycles. The first-order chi connectivity index (χ1) is 11.6. The molecule has 0 atom stereocenters. The largest absolute Gasteiger partial charge is 0.361 e. The highest BCUT2D eigenvalue weighted by atomic mass is 16.1. The van der Waals surface area contributed by atoms with Crippen LogP contribution in [0, 0.1) is 18.3 Å². The minimum atomic E-state index is -0.148. The fourth-order valence-corrected chi connectivity index (χ4v) is 2.50. The molecule has 0 radical (unpaired) electrons. The zero-order chi connectivity index (χ0) is 17.1. The molecule has 0 spiro atoms. The van der Waals surface area contributed by atoms with Crippen LogP contribution in [0.25, 0.3) is 17.0 Å². The molecule has 0 fully saturated rings. The number of benzene rings is 2. The predicted octanol–water partition coefficient (Wildman–Crippen LogP) is 4.39. The van der Waals surface area contributed by atoms with Crippen LogP contribution in [0.2, 0.25) is 0 Å². The Morgan fingerprint density at radius 1 is 1.21 bits per heavy atom. The van der Waals surface area contributed by atoms with Gasteiger partial charge in [-0.2, -0.15) is 5.26 Å². The van der Waals surface area contributed by atoms with Gasteiger partial charge in [-0.05, 0) is 50.3 Å². The molecule has 0 saturated heterocycles. The average Bonchev–Trinajstić information content (AvgIpc) is 2.99. The van der Waals surface area contributed by atoms with Crippen molar-refractivity contribution in [1.82, 2.24) is 4.98 Å². The summed E-state index contributed by atoms with van der Waals surface area (Å²) in [6, 6.07) is 15.3. The van der Waals surface area contributed by atoms with Gasteiger partial charge in [-0.3, -0.25) is 4.79 Å². The molecule has 24 heavy (non-hydrogen) atoms. The van der Waals surface area contributed by atoms with Crippen LogP contribution in [0.4, 0.5) is 5.69 Å². The third-order valence-electron chi connectivity index (χ3n) is 3.88. The fourth-order valence-electron chi connectivity index (χ4n) is 2.50. The van der Waals surface area contributed by atoms with Crippen LogP contribution in [-0.2, 0) is 4.79 Å². The van der Waals surface area contributed by atoms with E-state index in [-0.39, 0.29) is 5.91 Å². The van der Waals surface area contributed by atoms with Crippen LogP contribution >= 0.6 is 0 Å². The van der Waals surface area contributed by atoms with E-state index in [9.17, 15) is 4.79 Å². The number of carbonyl (C=O) groups is 1. The number of fused-ring (bicyclic) bond motifs is 1. The molecule has 0 aliphatic heterocycles. The molecule has 1 aromatic heterocycles. The van der Waals surface area contributed by atoms with Crippen molar-refractivity contribution >= 4 is 28.6 Å². The molecule has 0 aliphatic rings. The summed E-state index contributed by atoms with van der Waals surface area (Å²) in [5.41, 5.74) is 4.93. The zero-order valence-corrected chi connectivity index (χ0v) is 13.6. The van der Waals surface area contributed by atoms with Gasteiger partial charge in [0.25, 0.3) is 5.91 Å². The van der Waals surface area contributed by atoms with Gasteiger partial charge in [0, 0.05) is 33.9 Å². The molecule has 2 N–H and O–H groups in total. The van der Waals surface area contributed by atoms with Crippen LogP contribution in [-0.4, -0.2) is 10.9 Å². The highest BCUT2D eigenvalue weighted by Gasteiger charge is 2.08. The van der Waals surface area contributed by atoms with E-state index in [0.29, 0.717) is 11.1 Å². The third kappa shape index (κ3) is 3.21. The number of hydrogen-bond acceptors (Lipinski definition) is 2. The van der Waals surface area contributed by atoms with Crippen molar-refractivity contribution in [2.75, 3.05) is 5.32 Å². The lowest BCUT2D eigenvalue weighted by molar-refractivity contribution is -0.112. The lowest BCUT2D eigenvalue weighted by atomic mass is 10.1. The maximum atomic E-state index is 12.3. The molecule has 4 heteroatoms. The second-order valence-electron chi connectivity index (χ2n) is 5.76. The summed E-state index contributed by atoms with van der Waals surface area (Å²) in [6.07, 6.45) is 3.66. The van der Waals surface area contributed by atoms with Crippen LogP contribution in [0.1, 0.15) is 23.6 Å². The Bertz CT molecular complexity index is 972. The van der Waals surface area contributed by atoms with E-state index in [2.05, 4.69) is 16.4 Å². The standard InChI is InChI=1S/C20H17N3O/c1-13-3-6-17(7-4-13)23-20(24)14(2)9-16-12-22-19-8-5-15(11-21)10-18(16)19/h3-10,12,22H,1-2H3,(H,23,24)/b14-9+. The topological polar surface area (TPSA) is 68.7 Å². The van der Waals surface area contributed by atoms with E-state index >= 15 is 0 Å². The molecule has 3 rings (SSSR count). The molecular formula is C20H17N3O. The summed E-state index contributed by atoms with van der Waals surface area (Å²) in [5, 5.41) is 12.8. The lowest BCUT2D eigenvalue weighted by Gasteiger charge is -2.05. The van der Waals surface area contributed by atoms with Crippen LogP contribution in [0.5, 0.6) is 0 Å². The van der Waals surface area contributed by atoms with E-state index < -0.39 is 0 Å². The van der Waals surface area contributed by atoms with Gasteiger partial charge < -0.3 is 10.3 Å². The molecule has 4 nitrogen and oxygen atoms in total. The van der Waals surface area contributed by atoms with E-state index in [4.69, 9.17) is 5.26 Å². The summed E-state index contributed by atoms with van der Waals surface area (Å²) in [5.74, 6) is -0.148. The Balaban J connectivity index is 1.86. The molecule has 2 aromatic carbocycles. The smallest absolute Gasteiger partial charge is 0.251 e. The summed E-state index contributed by atoms with van der Waals surface area (Å²) in [6.45, 7) is 3.78. The first-order valence-electron chi connectivity index (χ1n) is 7.64. The number of aryl methyl sites for hydroxylation is 1. The second-order valence-corrected chi connectivity index (χ2v) is 5.76. The number of H-pyrrole nitrogens is 1.